The van der Waals surface area contributed by atoms with Gasteiger partial charge < -0.3 is 9.88 Å². The summed E-state index contributed by atoms with van der Waals surface area (Å²) in [6.07, 6.45) is 7.06. The summed E-state index contributed by atoms with van der Waals surface area (Å²) < 4.78 is 0. The molecule has 0 saturated carbocycles. The largest absolute Gasteiger partial charge is 0.334 e. The number of hydrogen-bond donors (Lipinski definition) is 1. The third-order valence-corrected chi connectivity index (χ3v) is 6.57. The van der Waals surface area contributed by atoms with Crippen molar-refractivity contribution in [2.45, 2.75) is 32.2 Å². The van der Waals surface area contributed by atoms with Crippen LogP contribution >= 0.6 is 11.3 Å². The Balaban J connectivity index is 1.45. The van der Waals surface area contributed by atoms with Crippen molar-refractivity contribution in [2.24, 2.45) is 0 Å². The molecule has 1 atom stereocenters. The molecule has 5 rings (SSSR count). The highest BCUT2D eigenvalue weighted by Gasteiger charge is 2.27. The van der Waals surface area contributed by atoms with Crippen LogP contribution in [0.5, 0.6) is 0 Å². The molecule has 1 unspecified atom stereocenters. The van der Waals surface area contributed by atoms with E-state index in [4.69, 9.17) is 9.97 Å². The Kier molecular flexibility index (Phi) is 4.81. The lowest BCUT2D eigenvalue weighted by Gasteiger charge is -2.34. The quantitative estimate of drug-likeness (QED) is 0.518. The van der Waals surface area contributed by atoms with E-state index in [0.29, 0.717) is 0 Å². The molecule has 146 valence electrons. The predicted octanol–water partition coefficient (Wildman–Crippen LogP) is 5.03. The normalized spacial score (nSPS) is 16.9. The number of rotatable bonds is 4. The molecule has 0 amide bonds. The average Bonchev–Trinajstić information content (AvgIpc) is 3.42. The minimum absolute atomic E-state index is 0.207. The zero-order valence-corrected chi connectivity index (χ0v) is 17.1. The second-order valence-electron chi connectivity index (χ2n) is 7.27. The van der Waals surface area contributed by atoms with Crippen LogP contribution in [-0.4, -0.2) is 31.7 Å². The van der Waals surface area contributed by atoms with Crippen molar-refractivity contribution in [3.8, 4) is 21.1 Å². The van der Waals surface area contributed by atoms with Crippen molar-refractivity contribution in [1.29, 1.82) is 0 Å². The van der Waals surface area contributed by atoms with Crippen LogP contribution < -0.4 is 4.90 Å². The molecule has 1 N–H and O–H groups in total. The summed E-state index contributed by atoms with van der Waals surface area (Å²) in [7, 11) is 0. The molecule has 0 aliphatic carbocycles. The average molecular weight is 403 g/mol. The molecule has 0 radical (unpaired) electrons. The number of thiazole rings is 1. The van der Waals surface area contributed by atoms with Gasteiger partial charge in [-0.15, -0.1) is 11.3 Å². The van der Waals surface area contributed by atoms with Crippen molar-refractivity contribution in [3.63, 3.8) is 0 Å². The molecule has 6 nitrogen and oxygen atoms in total. The Hall–Kier alpha value is -3.06. The standard InChI is InChI=1S/C22H22N6S/c1-15-20(29-21(25-15)16-8-3-2-4-9-16)18-14-23-22(26-18)28-13-6-5-11-19(28)17-10-7-12-24-27-17/h2-4,7-10,12,14,19H,5-6,11,13H2,1H3,(H,23,26). The highest BCUT2D eigenvalue weighted by molar-refractivity contribution is 7.18. The summed E-state index contributed by atoms with van der Waals surface area (Å²) in [6, 6.07) is 14.5. The van der Waals surface area contributed by atoms with Crippen molar-refractivity contribution >= 4 is 17.3 Å². The van der Waals surface area contributed by atoms with Gasteiger partial charge in [0.15, 0.2) is 0 Å². The second-order valence-corrected chi connectivity index (χ2v) is 8.27. The van der Waals surface area contributed by atoms with Crippen LogP contribution in [0.25, 0.3) is 21.1 Å². The highest BCUT2D eigenvalue weighted by Crippen LogP contribution is 2.37. The molecule has 1 aliphatic rings. The zero-order chi connectivity index (χ0) is 19.6. The minimum atomic E-state index is 0.207. The fourth-order valence-corrected chi connectivity index (χ4v) is 4.94. The van der Waals surface area contributed by atoms with Gasteiger partial charge in [-0.05, 0) is 38.3 Å². The van der Waals surface area contributed by atoms with Gasteiger partial charge in [-0.25, -0.2) is 9.97 Å². The number of piperidine rings is 1. The van der Waals surface area contributed by atoms with Crippen LogP contribution in [0.3, 0.4) is 0 Å². The molecular weight excluding hydrogens is 380 g/mol. The number of aromatic amines is 1. The molecule has 0 spiro atoms. The number of nitrogens with zero attached hydrogens (tertiary/aromatic N) is 5. The maximum absolute atomic E-state index is 4.78. The predicted molar refractivity (Wildman–Crippen MR) is 116 cm³/mol. The third-order valence-electron chi connectivity index (χ3n) is 5.33. The van der Waals surface area contributed by atoms with Crippen molar-refractivity contribution in [2.75, 3.05) is 11.4 Å². The van der Waals surface area contributed by atoms with E-state index in [1.54, 1.807) is 17.5 Å². The Morgan fingerprint density at radius 2 is 2.00 bits per heavy atom. The van der Waals surface area contributed by atoms with Crippen LogP contribution in [0.1, 0.15) is 36.7 Å². The second kappa shape index (κ2) is 7.75. The fraction of sp³-hybridized carbons (Fsp3) is 0.273. The number of nitrogens with one attached hydrogen (secondary N) is 1. The molecule has 4 aromatic rings. The van der Waals surface area contributed by atoms with Crippen LogP contribution in [0.15, 0.2) is 54.9 Å². The minimum Gasteiger partial charge on any atom is -0.334 e. The van der Waals surface area contributed by atoms with Gasteiger partial charge in [0.05, 0.1) is 34.2 Å². The molecule has 3 aromatic heterocycles. The van der Waals surface area contributed by atoms with Crippen LogP contribution in [-0.2, 0) is 0 Å². The lowest BCUT2D eigenvalue weighted by Crippen LogP contribution is -2.34. The number of imidazole rings is 1. The molecule has 1 aromatic carbocycles. The first-order valence-electron chi connectivity index (χ1n) is 9.92. The van der Waals surface area contributed by atoms with E-state index in [2.05, 4.69) is 45.2 Å². The Bertz CT molecular complexity index is 1090. The van der Waals surface area contributed by atoms with Gasteiger partial charge in [-0.1, -0.05) is 30.3 Å². The number of aromatic nitrogens is 5. The van der Waals surface area contributed by atoms with E-state index in [1.165, 1.54) is 6.42 Å². The van der Waals surface area contributed by atoms with Crippen molar-refractivity contribution < 1.29 is 0 Å². The zero-order valence-electron chi connectivity index (χ0n) is 16.2. The number of aryl methyl sites for hydroxylation is 1. The summed E-state index contributed by atoms with van der Waals surface area (Å²) in [5.41, 5.74) is 4.18. The van der Waals surface area contributed by atoms with Gasteiger partial charge in [0, 0.05) is 18.3 Å². The van der Waals surface area contributed by atoms with Gasteiger partial charge in [-0.2, -0.15) is 10.2 Å². The van der Waals surface area contributed by atoms with Crippen molar-refractivity contribution in [3.05, 3.63) is 66.2 Å². The maximum Gasteiger partial charge on any atom is 0.203 e. The summed E-state index contributed by atoms with van der Waals surface area (Å²) >= 11 is 1.70. The number of H-pyrrole nitrogens is 1. The van der Waals surface area contributed by atoms with Gasteiger partial charge >= 0.3 is 0 Å². The molecule has 29 heavy (non-hydrogen) atoms. The fourth-order valence-electron chi connectivity index (χ4n) is 3.91. The summed E-state index contributed by atoms with van der Waals surface area (Å²) in [5.74, 6) is 0.893. The van der Waals surface area contributed by atoms with Crippen LogP contribution in [0, 0.1) is 6.92 Å². The van der Waals surface area contributed by atoms with Gasteiger partial charge in [0.2, 0.25) is 5.95 Å². The summed E-state index contributed by atoms with van der Waals surface area (Å²) in [6.45, 7) is 3.02. The monoisotopic (exact) mass is 402 g/mol. The van der Waals surface area contributed by atoms with Crippen LogP contribution in [0.4, 0.5) is 5.95 Å². The number of anilines is 1. The van der Waals surface area contributed by atoms with E-state index >= 15 is 0 Å². The van der Waals surface area contributed by atoms with E-state index in [-0.39, 0.29) is 6.04 Å². The van der Waals surface area contributed by atoms with E-state index in [9.17, 15) is 0 Å². The Labute approximate surface area is 173 Å². The van der Waals surface area contributed by atoms with Crippen LogP contribution in [0.2, 0.25) is 0 Å². The molecular formula is C22H22N6S. The van der Waals surface area contributed by atoms with E-state index in [0.717, 1.165) is 57.9 Å². The van der Waals surface area contributed by atoms with Crippen molar-refractivity contribution in [1.82, 2.24) is 25.1 Å². The topological polar surface area (TPSA) is 70.6 Å². The van der Waals surface area contributed by atoms with Gasteiger partial charge in [0.25, 0.3) is 0 Å². The first kappa shape index (κ1) is 18.0. The lowest BCUT2D eigenvalue weighted by atomic mass is 9.99. The Morgan fingerprint density at radius 3 is 2.83 bits per heavy atom. The molecule has 1 fully saturated rings. The number of hydrogen-bond acceptors (Lipinski definition) is 6. The third kappa shape index (κ3) is 3.53. The molecule has 1 saturated heterocycles. The smallest absolute Gasteiger partial charge is 0.203 e. The van der Waals surface area contributed by atoms with E-state index in [1.807, 2.05) is 30.5 Å². The summed E-state index contributed by atoms with van der Waals surface area (Å²) in [4.78, 5) is 16.5. The molecule has 7 heteroatoms. The van der Waals surface area contributed by atoms with Gasteiger partial charge in [0.1, 0.15) is 5.01 Å². The first-order valence-corrected chi connectivity index (χ1v) is 10.7. The lowest BCUT2D eigenvalue weighted by molar-refractivity contribution is 0.456. The SMILES string of the molecule is Cc1nc(-c2ccccc2)sc1-c1cnc(N2CCCCC2c2cccnn2)[nH]1. The van der Waals surface area contributed by atoms with E-state index < -0.39 is 0 Å². The maximum atomic E-state index is 4.78. The Morgan fingerprint density at radius 1 is 1.10 bits per heavy atom. The van der Waals surface area contributed by atoms with Gasteiger partial charge in [-0.3, -0.25) is 0 Å². The number of benzene rings is 1. The first-order chi connectivity index (χ1) is 14.3. The molecule has 4 heterocycles. The molecule has 1 aliphatic heterocycles. The molecule has 0 bridgehead atoms. The highest BCUT2D eigenvalue weighted by atomic mass is 32.1. The summed E-state index contributed by atoms with van der Waals surface area (Å²) in [5, 5.41) is 9.46.